The van der Waals surface area contributed by atoms with E-state index in [2.05, 4.69) is 49.4 Å². The third-order valence-corrected chi connectivity index (χ3v) is 6.44. The van der Waals surface area contributed by atoms with Crippen LogP contribution >= 0.6 is 11.3 Å². The molecule has 2 aliphatic rings. The molecule has 1 N–H and O–H groups in total. The maximum absolute atomic E-state index is 12.3. The summed E-state index contributed by atoms with van der Waals surface area (Å²) in [6.45, 7) is 2.47. The quantitative estimate of drug-likeness (QED) is 0.680. The maximum Gasteiger partial charge on any atom is 0.432 e. The molecule has 10 heteroatoms. The van der Waals surface area contributed by atoms with E-state index >= 15 is 0 Å². The van der Waals surface area contributed by atoms with Crippen molar-refractivity contribution in [3.8, 4) is 5.88 Å². The fraction of sp³-hybridized carbons (Fsp3) is 0.400. The van der Waals surface area contributed by atoms with Crippen LogP contribution in [0.1, 0.15) is 18.4 Å². The Hall–Kier alpha value is -2.98. The van der Waals surface area contributed by atoms with E-state index in [1.165, 1.54) is 36.0 Å². The zero-order valence-electron chi connectivity index (χ0n) is 16.6. The predicted octanol–water partition coefficient (Wildman–Crippen LogP) is 3.09. The second-order valence-corrected chi connectivity index (χ2v) is 8.27. The Labute approximate surface area is 177 Å². The molecule has 0 atom stereocenters. The lowest BCUT2D eigenvalue weighted by Gasteiger charge is -2.36. The Kier molecular flexibility index (Phi) is 5.09. The first-order chi connectivity index (χ1) is 14.7. The Morgan fingerprint density at radius 3 is 2.87 bits per heavy atom. The molecule has 3 aromatic rings. The number of hydrogen-bond donors (Lipinski definition) is 1. The topological polar surface area (TPSA) is 92.7 Å². The van der Waals surface area contributed by atoms with Crippen LogP contribution in [0.5, 0.6) is 5.88 Å². The predicted molar refractivity (Wildman–Crippen MR) is 114 cm³/mol. The summed E-state index contributed by atoms with van der Waals surface area (Å²) in [6, 6.07) is 9.10. The number of nitrogens with zero attached hydrogens (tertiary/aromatic N) is 5. The number of ether oxygens (including phenoxy) is 1. The SMILES string of the molecule is COc1ncnc2sc(NC(=O)ON3CCC(N4CCc5ccccc54)CC3)nc12. The minimum absolute atomic E-state index is 0.378. The highest BCUT2D eigenvalue weighted by molar-refractivity contribution is 7.22. The summed E-state index contributed by atoms with van der Waals surface area (Å²) in [5.74, 6) is 0.378. The van der Waals surface area contributed by atoms with Crippen molar-refractivity contribution < 1.29 is 14.4 Å². The van der Waals surface area contributed by atoms with Crippen molar-refractivity contribution in [3.63, 3.8) is 0 Å². The third kappa shape index (κ3) is 3.63. The lowest BCUT2D eigenvalue weighted by Crippen LogP contribution is -2.45. The fourth-order valence-corrected chi connectivity index (χ4v) is 4.94. The molecule has 1 saturated heterocycles. The fourth-order valence-electron chi connectivity index (χ4n) is 4.15. The third-order valence-electron chi connectivity index (χ3n) is 5.56. The van der Waals surface area contributed by atoms with Gasteiger partial charge in [-0.2, -0.15) is 4.98 Å². The van der Waals surface area contributed by atoms with Gasteiger partial charge in [0.2, 0.25) is 5.88 Å². The van der Waals surface area contributed by atoms with Crippen LogP contribution in [0.25, 0.3) is 10.3 Å². The van der Waals surface area contributed by atoms with Crippen molar-refractivity contribution in [1.82, 2.24) is 20.0 Å². The average molecular weight is 427 g/mol. The molecule has 0 spiro atoms. The zero-order chi connectivity index (χ0) is 20.5. The van der Waals surface area contributed by atoms with Gasteiger partial charge in [-0.25, -0.2) is 14.8 Å². The van der Waals surface area contributed by atoms with Crippen LogP contribution in [0.15, 0.2) is 30.6 Å². The van der Waals surface area contributed by atoms with Crippen molar-refractivity contribution in [1.29, 1.82) is 0 Å². The minimum Gasteiger partial charge on any atom is -0.479 e. The van der Waals surface area contributed by atoms with Crippen molar-refractivity contribution in [2.45, 2.75) is 25.3 Å². The summed E-state index contributed by atoms with van der Waals surface area (Å²) < 4.78 is 5.18. The molecule has 0 bridgehead atoms. The number of benzene rings is 1. The zero-order valence-corrected chi connectivity index (χ0v) is 17.4. The molecular weight excluding hydrogens is 404 g/mol. The van der Waals surface area contributed by atoms with E-state index in [-0.39, 0.29) is 0 Å². The first kappa shape index (κ1) is 19.0. The normalized spacial score (nSPS) is 17.2. The second kappa shape index (κ2) is 8.04. The van der Waals surface area contributed by atoms with Gasteiger partial charge < -0.3 is 14.5 Å². The molecule has 1 fully saturated rings. The number of methoxy groups -OCH3 is 1. The van der Waals surface area contributed by atoms with Crippen LogP contribution in [0, 0.1) is 0 Å². The Balaban J connectivity index is 1.16. The summed E-state index contributed by atoms with van der Waals surface area (Å²) in [5.41, 5.74) is 3.30. The molecule has 2 aromatic heterocycles. The lowest BCUT2D eigenvalue weighted by atomic mass is 10.0. The molecule has 1 amide bonds. The maximum atomic E-state index is 12.3. The number of carbonyl (C=O) groups excluding carboxylic acids is 1. The molecule has 156 valence electrons. The molecule has 2 aliphatic heterocycles. The Bertz CT molecular complexity index is 1070. The number of amides is 1. The molecular formula is C20H22N6O3S. The number of para-hydroxylation sites is 1. The molecule has 0 radical (unpaired) electrons. The number of rotatable bonds is 4. The number of fused-ring (bicyclic) bond motifs is 2. The molecule has 1 aromatic carbocycles. The first-order valence-corrected chi connectivity index (χ1v) is 10.8. The van der Waals surface area contributed by atoms with Gasteiger partial charge in [-0.3, -0.25) is 5.32 Å². The van der Waals surface area contributed by atoms with Crippen molar-refractivity contribution in [3.05, 3.63) is 36.2 Å². The van der Waals surface area contributed by atoms with E-state index in [9.17, 15) is 4.79 Å². The summed E-state index contributed by atoms with van der Waals surface area (Å²) in [5, 5.41) is 4.80. The number of carbonyl (C=O) groups is 1. The lowest BCUT2D eigenvalue weighted by molar-refractivity contribution is -0.108. The van der Waals surface area contributed by atoms with E-state index in [4.69, 9.17) is 9.57 Å². The molecule has 4 heterocycles. The Morgan fingerprint density at radius 1 is 1.20 bits per heavy atom. The van der Waals surface area contributed by atoms with Gasteiger partial charge in [-0.1, -0.05) is 29.5 Å². The largest absolute Gasteiger partial charge is 0.479 e. The summed E-state index contributed by atoms with van der Waals surface area (Å²) in [6.07, 6.45) is 3.87. The monoisotopic (exact) mass is 426 g/mol. The number of hydroxylamine groups is 2. The van der Waals surface area contributed by atoms with Crippen LogP contribution < -0.4 is 15.0 Å². The van der Waals surface area contributed by atoms with Crippen LogP contribution in [0.3, 0.4) is 0 Å². The average Bonchev–Trinajstić information content (AvgIpc) is 3.37. The van der Waals surface area contributed by atoms with E-state index in [1.807, 2.05) is 0 Å². The van der Waals surface area contributed by atoms with E-state index in [0.29, 0.717) is 40.5 Å². The van der Waals surface area contributed by atoms with Crippen LogP contribution in [-0.4, -0.2) is 58.9 Å². The van der Waals surface area contributed by atoms with Gasteiger partial charge in [-0.15, -0.1) is 5.06 Å². The van der Waals surface area contributed by atoms with Gasteiger partial charge in [0.1, 0.15) is 6.33 Å². The van der Waals surface area contributed by atoms with Gasteiger partial charge in [0.05, 0.1) is 7.11 Å². The van der Waals surface area contributed by atoms with Crippen molar-refractivity contribution in [2.24, 2.45) is 0 Å². The highest BCUT2D eigenvalue weighted by Crippen LogP contribution is 2.32. The van der Waals surface area contributed by atoms with Crippen LogP contribution in [0.4, 0.5) is 15.6 Å². The van der Waals surface area contributed by atoms with E-state index in [0.717, 1.165) is 25.8 Å². The van der Waals surface area contributed by atoms with Crippen molar-refractivity contribution in [2.75, 3.05) is 37.0 Å². The molecule has 0 aliphatic carbocycles. The smallest absolute Gasteiger partial charge is 0.432 e. The minimum atomic E-state index is -0.550. The standard InChI is InChI=1S/C20H22N6O3S/c1-28-17-16-18(22-12-21-17)30-19(23-16)24-20(27)29-25-9-7-14(8-10-25)26-11-6-13-4-2-3-5-15(13)26/h2-5,12,14H,6-11H2,1H3,(H,23,24,27). The summed E-state index contributed by atoms with van der Waals surface area (Å²) in [4.78, 5) is 33.5. The number of hydrogen-bond acceptors (Lipinski definition) is 9. The van der Waals surface area contributed by atoms with Gasteiger partial charge in [0.15, 0.2) is 15.5 Å². The highest BCUT2D eigenvalue weighted by Gasteiger charge is 2.30. The molecule has 30 heavy (non-hydrogen) atoms. The summed E-state index contributed by atoms with van der Waals surface area (Å²) >= 11 is 1.25. The van der Waals surface area contributed by atoms with E-state index in [1.54, 1.807) is 5.06 Å². The van der Waals surface area contributed by atoms with Crippen molar-refractivity contribution >= 4 is 38.6 Å². The second-order valence-electron chi connectivity index (χ2n) is 7.29. The first-order valence-electron chi connectivity index (χ1n) is 9.95. The number of thiazole rings is 1. The van der Waals surface area contributed by atoms with Gasteiger partial charge >= 0.3 is 6.09 Å². The van der Waals surface area contributed by atoms with E-state index < -0.39 is 6.09 Å². The van der Waals surface area contributed by atoms with Gasteiger partial charge in [-0.05, 0) is 30.9 Å². The number of piperidine rings is 1. The Morgan fingerprint density at radius 2 is 2.03 bits per heavy atom. The number of nitrogens with one attached hydrogen (secondary N) is 1. The molecule has 9 nitrogen and oxygen atoms in total. The highest BCUT2D eigenvalue weighted by atomic mass is 32.1. The molecule has 5 rings (SSSR count). The van der Waals surface area contributed by atoms with Crippen LogP contribution in [0.2, 0.25) is 0 Å². The molecule has 0 unspecified atom stereocenters. The number of aromatic nitrogens is 3. The van der Waals surface area contributed by atoms with Gasteiger partial charge in [0.25, 0.3) is 0 Å². The van der Waals surface area contributed by atoms with Crippen LogP contribution in [-0.2, 0) is 11.3 Å². The number of anilines is 2. The summed E-state index contributed by atoms with van der Waals surface area (Å²) in [7, 11) is 1.52. The van der Waals surface area contributed by atoms with Gasteiger partial charge in [0, 0.05) is 31.4 Å². The molecule has 0 saturated carbocycles.